The average molecular weight is 244 g/mol. The highest BCUT2D eigenvalue weighted by molar-refractivity contribution is 5.99. The fraction of sp³-hybridized carbons (Fsp3) is 0.0909. The van der Waals surface area contributed by atoms with Gasteiger partial charge in [0.25, 0.3) is 0 Å². The average Bonchev–Trinajstić information content (AvgIpc) is 2.39. The smallest absolute Gasteiger partial charge is 0.314 e. The lowest BCUT2D eigenvalue weighted by atomic mass is 10.2. The van der Waals surface area contributed by atoms with Gasteiger partial charge in [-0.2, -0.15) is 0 Å². The number of rotatable bonds is 1. The van der Waals surface area contributed by atoms with E-state index in [0.29, 0.717) is 27.9 Å². The van der Waals surface area contributed by atoms with Crippen molar-refractivity contribution in [2.45, 2.75) is 0 Å². The Kier molecular flexibility index (Phi) is 2.12. The summed E-state index contributed by atoms with van der Waals surface area (Å²) in [5.74, 6) is 0.383. The zero-order valence-corrected chi connectivity index (χ0v) is 9.35. The third-order valence-electron chi connectivity index (χ3n) is 2.59. The molecule has 0 atom stereocenters. The predicted molar refractivity (Wildman–Crippen MR) is 64.8 cm³/mol. The number of ether oxygens (including phenoxy) is 1. The molecule has 2 aromatic heterocycles. The normalized spacial score (nSPS) is 10.9. The fourth-order valence-electron chi connectivity index (χ4n) is 1.75. The summed E-state index contributed by atoms with van der Waals surface area (Å²) in [4.78, 5) is 35.9. The number of hydrogen-bond donors (Lipinski definition) is 2. The first-order valence-corrected chi connectivity index (χ1v) is 5.15. The van der Waals surface area contributed by atoms with Gasteiger partial charge in [-0.15, -0.1) is 0 Å². The second kappa shape index (κ2) is 3.66. The predicted octanol–water partition coefficient (Wildman–Crippen LogP) is 0.168. The molecule has 0 spiro atoms. The van der Waals surface area contributed by atoms with Crippen LogP contribution in [0.4, 0.5) is 0 Å². The molecular weight excluding hydrogens is 236 g/mol. The first-order valence-electron chi connectivity index (χ1n) is 5.15. The van der Waals surface area contributed by atoms with Gasteiger partial charge >= 0.3 is 11.1 Å². The fourth-order valence-corrected chi connectivity index (χ4v) is 1.75. The lowest BCUT2D eigenvalue weighted by molar-refractivity contribution is 0.398. The lowest BCUT2D eigenvalue weighted by Gasteiger charge is -2.03. The van der Waals surface area contributed by atoms with Crippen LogP contribution < -0.4 is 15.9 Å². The van der Waals surface area contributed by atoms with Gasteiger partial charge in [-0.1, -0.05) is 0 Å². The van der Waals surface area contributed by atoms with Crippen molar-refractivity contribution >= 4 is 22.1 Å². The molecule has 0 bridgehead atoms. The quantitative estimate of drug-likeness (QED) is 0.469. The second-order valence-electron chi connectivity index (χ2n) is 3.68. The van der Waals surface area contributed by atoms with E-state index >= 15 is 0 Å². The van der Waals surface area contributed by atoms with E-state index in [-0.39, 0.29) is 0 Å². The Morgan fingerprint density at radius 2 is 1.94 bits per heavy atom. The van der Waals surface area contributed by atoms with Crippen molar-refractivity contribution in [3.8, 4) is 5.88 Å². The van der Waals surface area contributed by atoms with Gasteiger partial charge in [0.2, 0.25) is 5.88 Å². The summed E-state index contributed by atoms with van der Waals surface area (Å²) in [6.45, 7) is 0. The van der Waals surface area contributed by atoms with Gasteiger partial charge < -0.3 is 14.7 Å². The minimum atomic E-state index is -0.715. The second-order valence-corrected chi connectivity index (χ2v) is 3.68. The Morgan fingerprint density at radius 3 is 2.72 bits per heavy atom. The maximum atomic E-state index is 11.3. The standard InChI is InChI=1S/C11H8N4O3/c1-18-7-4-12-8-5(13-7)2-3-6-9(8)15-11(17)10(16)14-6/h2-4H,1H3,(H,14,16)(H,15,17). The van der Waals surface area contributed by atoms with Crippen LogP contribution in [0.2, 0.25) is 0 Å². The molecule has 18 heavy (non-hydrogen) atoms. The van der Waals surface area contributed by atoms with Crippen LogP contribution in [0, 0.1) is 0 Å². The van der Waals surface area contributed by atoms with Crippen LogP contribution in [-0.4, -0.2) is 27.0 Å². The number of H-pyrrole nitrogens is 2. The molecule has 0 radical (unpaired) electrons. The molecule has 7 heteroatoms. The van der Waals surface area contributed by atoms with Gasteiger partial charge in [-0.25, -0.2) is 9.97 Å². The van der Waals surface area contributed by atoms with Crippen LogP contribution in [0.25, 0.3) is 22.1 Å². The molecule has 0 aliphatic heterocycles. The molecule has 90 valence electrons. The first kappa shape index (κ1) is 10.5. The van der Waals surface area contributed by atoms with Gasteiger partial charge in [-0.05, 0) is 12.1 Å². The summed E-state index contributed by atoms with van der Waals surface area (Å²) >= 11 is 0. The van der Waals surface area contributed by atoms with Crippen LogP contribution in [0.5, 0.6) is 5.88 Å². The molecule has 0 unspecified atom stereocenters. The molecule has 3 rings (SSSR count). The van der Waals surface area contributed by atoms with E-state index in [1.807, 2.05) is 0 Å². The van der Waals surface area contributed by atoms with E-state index in [0.717, 1.165) is 0 Å². The van der Waals surface area contributed by atoms with Crippen LogP contribution in [0.15, 0.2) is 27.9 Å². The zero-order chi connectivity index (χ0) is 12.7. The van der Waals surface area contributed by atoms with E-state index < -0.39 is 11.1 Å². The summed E-state index contributed by atoms with van der Waals surface area (Å²) < 4.78 is 4.97. The first-order chi connectivity index (χ1) is 8.69. The van der Waals surface area contributed by atoms with Crippen molar-refractivity contribution in [2.24, 2.45) is 0 Å². The highest BCUT2D eigenvalue weighted by Gasteiger charge is 2.07. The van der Waals surface area contributed by atoms with Crippen molar-refractivity contribution in [3.63, 3.8) is 0 Å². The molecule has 0 aliphatic rings. The van der Waals surface area contributed by atoms with E-state index in [1.54, 1.807) is 12.1 Å². The van der Waals surface area contributed by atoms with Gasteiger partial charge in [0.1, 0.15) is 5.52 Å². The van der Waals surface area contributed by atoms with Gasteiger partial charge in [0.15, 0.2) is 0 Å². The van der Waals surface area contributed by atoms with Crippen LogP contribution in [-0.2, 0) is 0 Å². The number of fused-ring (bicyclic) bond motifs is 3. The number of nitrogens with one attached hydrogen (secondary N) is 2. The molecule has 2 N–H and O–H groups in total. The van der Waals surface area contributed by atoms with Crippen molar-refractivity contribution in [3.05, 3.63) is 39.0 Å². The monoisotopic (exact) mass is 244 g/mol. The third-order valence-corrected chi connectivity index (χ3v) is 2.59. The molecule has 3 aromatic rings. The molecule has 7 nitrogen and oxygen atoms in total. The zero-order valence-electron chi connectivity index (χ0n) is 9.35. The van der Waals surface area contributed by atoms with Gasteiger partial charge in [-0.3, -0.25) is 9.59 Å². The van der Waals surface area contributed by atoms with Crippen LogP contribution in [0.3, 0.4) is 0 Å². The van der Waals surface area contributed by atoms with Crippen molar-refractivity contribution in [1.29, 1.82) is 0 Å². The lowest BCUT2D eigenvalue weighted by Crippen LogP contribution is -2.29. The molecule has 0 saturated carbocycles. The van der Waals surface area contributed by atoms with E-state index in [4.69, 9.17) is 4.74 Å². The Morgan fingerprint density at radius 1 is 1.17 bits per heavy atom. The number of aromatic nitrogens is 4. The van der Waals surface area contributed by atoms with Gasteiger partial charge in [0, 0.05) is 0 Å². The molecule has 2 heterocycles. The van der Waals surface area contributed by atoms with Crippen molar-refractivity contribution in [1.82, 2.24) is 19.9 Å². The topological polar surface area (TPSA) is 101 Å². The van der Waals surface area contributed by atoms with E-state index in [1.165, 1.54) is 13.3 Å². The maximum Gasteiger partial charge on any atom is 0.314 e. The number of methoxy groups -OCH3 is 1. The highest BCUT2D eigenvalue weighted by Crippen LogP contribution is 2.19. The number of nitrogens with zero attached hydrogens (tertiary/aromatic N) is 2. The Labute approximate surface area is 99.5 Å². The van der Waals surface area contributed by atoms with Crippen molar-refractivity contribution < 1.29 is 4.74 Å². The van der Waals surface area contributed by atoms with Crippen LogP contribution >= 0.6 is 0 Å². The summed E-state index contributed by atoms with van der Waals surface area (Å²) in [6, 6.07) is 3.35. The van der Waals surface area contributed by atoms with E-state index in [2.05, 4.69) is 19.9 Å². The van der Waals surface area contributed by atoms with Crippen LogP contribution in [0.1, 0.15) is 0 Å². The molecule has 0 aliphatic carbocycles. The minimum Gasteiger partial charge on any atom is -0.480 e. The number of benzene rings is 1. The summed E-state index contributed by atoms with van der Waals surface area (Å²) in [7, 11) is 1.50. The molecule has 0 fully saturated rings. The Balaban J connectivity index is 2.49. The number of hydrogen-bond acceptors (Lipinski definition) is 5. The molecular formula is C11H8N4O3. The molecule has 1 aromatic carbocycles. The number of aromatic amines is 2. The molecule has 0 amide bonds. The minimum absolute atomic E-state index is 0.383. The summed E-state index contributed by atoms with van der Waals surface area (Å²) in [6.07, 6.45) is 1.45. The SMILES string of the molecule is COc1cnc2c(ccc3[nH]c(=O)c(=O)[nH]c32)n1. The van der Waals surface area contributed by atoms with E-state index in [9.17, 15) is 9.59 Å². The Hall–Kier alpha value is -2.70. The summed E-state index contributed by atoms with van der Waals surface area (Å²) in [5, 5.41) is 0. The molecule has 0 saturated heterocycles. The van der Waals surface area contributed by atoms with Gasteiger partial charge in [0.05, 0.1) is 29.9 Å². The largest absolute Gasteiger partial charge is 0.480 e. The summed E-state index contributed by atoms with van der Waals surface area (Å²) in [5.41, 5.74) is 0.626. The Bertz CT molecular complexity index is 865. The highest BCUT2D eigenvalue weighted by atomic mass is 16.5. The third kappa shape index (κ3) is 1.45. The maximum absolute atomic E-state index is 11.3. The van der Waals surface area contributed by atoms with Crippen molar-refractivity contribution in [2.75, 3.05) is 7.11 Å².